The van der Waals surface area contributed by atoms with Crippen LogP contribution in [0.15, 0.2) is 49.1 Å². The number of methoxy groups -OCH3 is 2. The molecule has 0 saturated heterocycles. The Morgan fingerprint density at radius 2 is 1.85 bits per heavy atom. The summed E-state index contributed by atoms with van der Waals surface area (Å²) < 4.78 is 26.2. The monoisotopic (exact) mass is 356 g/mol. The third kappa shape index (κ3) is 4.18. The molecule has 0 spiro atoms. The van der Waals surface area contributed by atoms with E-state index in [1.807, 2.05) is 24.3 Å². The fourth-order valence-corrected chi connectivity index (χ4v) is 2.68. The van der Waals surface area contributed by atoms with Crippen LogP contribution < -0.4 is 14.8 Å². The highest BCUT2D eigenvalue weighted by atomic mass is 19.1. The fourth-order valence-electron chi connectivity index (χ4n) is 2.68. The van der Waals surface area contributed by atoms with E-state index in [0.29, 0.717) is 18.0 Å². The summed E-state index contributed by atoms with van der Waals surface area (Å²) in [7, 11) is 3.24. The zero-order valence-electron chi connectivity index (χ0n) is 14.8. The third-order valence-electron chi connectivity index (χ3n) is 4.05. The number of hydrogen-bond acceptors (Lipinski definition) is 5. The van der Waals surface area contributed by atoms with Crippen LogP contribution in [0, 0.1) is 5.82 Å². The predicted molar refractivity (Wildman–Crippen MR) is 96.3 cm³/mol. The summed E-state index contributed by atoms with van der Waals surface area (Å²) in [6.45, 7) is 1.35. The Hall–Kier alpha value is -2.93. The molecular weight excluding hydrogens is 335 g/mol. The average Bonchev–Trinajstić information content (AvgIpc) is 3.19. The van der Waals surface area contributed by atoms with Crippen molar-refractivity contribution in [3.63, 3.8) is 0 Å². The molecule has 0 amide bonds. The Morgan fingerprint density at radius 1 is 1.04 bits per heavy atom. The summed E-state index contributed by atoms with van der Waals surface area (Å²) >= 11 is 0. The minimum absolute atomic E-state index is 0.324. The van der Waals surface area contributed by atoms with Gasteiger partial charge in [-0.1, -0.05) is 12.1 Å². The van der Waals surface area contributed by atoms with Gasteiger partial charge in [0.15, 0.2) is 11.5 Å². The van der Waals surface area contributed by atoms with Crippen LogP contribution in [0.5, 0.6) is 11.5 Å². The minimum atomic E-state index is -0.324. The molecule has 7 heteroatoms. The highest BCUT2D eigenvalue weighted by molar-refractivity contribution is 5.43. The number of hydrogen-bond donors (Lipinski definition) is 1. The number of nitrogens with zero attached hydrogens (tertiary/aromatic N) is 3. The topological polar surface area (TPSA) is 61.2 Å². The van der Waals surface area contributed by atoms with E-state index >= 15 is 0 Å². The van der Waals surface area contributed by atoms with E-state index in [0.717, 1.165) is 29.8 Å². The number of nitrogens with one attached hydrogen (secondary N) is 1. The van der Waals surface area contributed by atoms with Gasteiger partial charge in [-0.25, -0.2) is 14.1 Å². The summed E-state index contributed by atoms with van der Waals surface area (Å²) in [6.07, 6.45) is 3.68. The molecule has 1 heterocycles. The molecule has 0 fully saturated rings. The zero-order valence-corrected chi connectivity index (χ0v) is 14.8. The second kappa shape index (κ2) is 8.44. The highest BCUT2D eigenvalue weighted by Crippen LogP contribution is 2.27. The van der Waals surface area contributed by atoms with Crippen molar-refractivity contribution in [1.29, 1.82) is 0 Å². The molecule has 0 aliphatic carbocycles. The molecule has 0 atom stereocenters. The van der Waals surface area contributed by atoms with E-state index in [1.165, 1.54) is 23.4 Å². The maximum Gasteiger partial charge on any atom is 0.160 e. The summed E-state index contributed by atoms with van der Waals surface area (Å²) in [5, 5.41) is 7.27. The molecule has 3 aromatic rings. The first-order valence-corrected chi connectivity index (χ1v) is 8.26. The molecule has 0 unspecified atom stereocenters. The largest absolute Gasteiger partial charge is 0.493 e. The average molecular weight is 356 g/mol. The van der Waals surface area contributed by atoms with Gasteiger partial charge in [0, 0.05) is 6.54 Å². The molecule has 2 aromatic carbocycles. The van der Waals surface area contributed by atoms with Crippen LogP contribution >= 0.6 is 0 Å². The van der Waals surface area contributed by atoms with Gasteiger partial charge in [0.25, 0.3) is 0 Å². The molecule has 0 saturated carbocycles. The first kappa shape index (κ1) is 17.9. The molecule has 1 N–H and O–H groups in total. The van der Waals surface area contributed by atoms with E-state index in [4.69, 9.17) is 9.47 Å². The second-order valence-electron chi connectivity index (χ2n) is 5.74. The molecular formula is C19H21FN4O2. The Balaban J connectivity index is 1.53. The highest BCUT2D eigenvalue weighted by Gasteiger charge is 2.07. The van der Waals surface area contributed by atoms with Crippen molar-refractivity contribution in [3.05, 3.63) is 66.0 Å². The first-order valence-electron chi connectivity index (χ1n) is 8.26. The van der Waals surface area contributed by atoms with Gasteiger partial charge in [0.05, 0.1) is 14.2 Å². The van der Waals surface area contributed by atoms with Crippen LogP contribution in [-0.2, 0) is 13.0 Å². The smallest absolute Gasteiger partial charge is 0.160 e. The van der Waals surface area contributed by atoms with Crippen molar-refractivity contribution >= 4 is 0 Å². The van der Waals surface area contributed by atoms with Crippen molar-refractivity contribution in [2.24, 2.45) is 0 Å². The number of halogens is 1. The lowest BCUT2D eigenvalue weighted by Gasteiger charge is -2.10. The van der Waals surface area contributed by atoms with Gasteiger partial charge < -0.3 is 14.8 Å². The number of rotatable bonds is 8. The summed E-state index contributed by atoms with van der Waals surface area (Å²) in [4.78, 5) is 3.83. The molecule has 3 rings (SSSR count). The van der Waals surface area contributed by atoms with Crippen LogP contribution in [0.4, 0.5) is 4.39 Å². The van der Waals surface area contributed by atoms with Gasteiger partial charge >= 0.3 is 0 Å². The van der Waals surface area contributed by atoms with Crippen molar-refractivity contribution in [2.45, 2.75) is 13.0 Å². The number of benzene rings is 2. The van der Waals surface area contributed by atoms with Gasteiger partial charge in [-0.2, -0.15) is 5.10 Å². The van der Waals surface area contributed by atoms with Crippen LogP contribution in [0.1, 0.15) is 11.1 Å². The van der Waals surface area contributed by atoms with Crippen LogP contribution in [0.2, 0.25) is 0 Å². The Bertz CT molecular complexity index is 853. The Kier molecular flexibility index (Phi) is 5.80. The summed E-state index contributed by atoms with van der Waals surface area (Å²) in [6, 6.07) is 11.0. The van der Waals surface area contributed by atoms with Crippen molar-refractivity contribution in [2.75, 3.05) is 20.8 Å². The van der Waals surface area contributed by atoms with Gasteiger partial charge in [0.2, 0.25) is 0 Å². The molecule has 26 heavy (non-hydrogen) atoms. The standard InChI is InChI=1S/C19H21FN4O2/c1-25-18-6-4-14(10-19(18)26-2)7-8-21-11-15-3-5-17(16(20)9-15)24-13-22-12-23-24/h3-6,9-10,12-13,21H,7-8,11H2,1-2H3. The molecule has 0 aliphatic heterocycles. The van der Waals surface area contributed by atoms with E-state index < -0.39 is 0 Å². The molecule has 0 bridgehead atoms. The van der Waals surface area contributed by atoms with Gasteiger partial charge in [-0.05, 0) is 48.4 Å². The fraction of sp³-hybridized carbons (Fsp3) is 0.263. The van der Waals surface area contributed by atoms with Crippen molar-refractivity contribution < 1.29 is 13.9 Å². The lowest BCUT2D eigenvalue weighted by Crippen LogP contribution is -2.17. The Morgan fingerprint density at radius 3 is 2.54 bits per heavy atom. The first-order chi connectivity index (χ1) is 12.7. The van der Waals surface area contributed by atoms with E-state index in [-0.39, 0.29) is 5.82 Å². The van der Waals surface area contributed by atoms with Gasteiger partial charge in [0.1, 0.15) is 24.2 Å². The Labute approximate surface area is 151 Å². The number of aromatic nitrogens is 3. The van der Waals surface area contributed by atoms with Gasteiger partial charge in [-0.15, -0.1) is 0 Å². The second-order valence-corrected chi connectivity index (χ2v) is 5.74. The molecule has 1 aromatic heterocycles. The lowest BCUT2D eigenvalue weighted by molar-refractivity contribution is 0.354. The summed E-state index contributed by atoms with van der Waals surface area (Å²) in [5.41, 5.74) is 2.40. The summed E-state index contributed by atoms with van der Waals surface area (Å²) in [5.74, 6) is 1.11. The third-order valence-corrected chi connectivity index (χ3v) is 4.05. The minimum Gasteiger partial charge on any atom is -0.493 e. The molecule has 0 radical (unpaired) electrons. The normalized spacial score (nSPS) is 10.7. The van der Waals surface area contributed by atoms with E-state index in [1.54, 1.807) is 20.3 Å². The van der Waals surface area contributed by atoms with Crippen molar-refractivity contribution in [1.82, 2.24) is 20.1 Å². The van der Waals surface area contributed by atoms with E-state index in [9.17, 15) is 4.39 Å². The molecule has 136 valence electrons. The zero-order chi connectivity index (χ0) is 18.4. The van der Waals surface area contributed by atoms with Gasteiger partial charge in [-0.3, -0.25) is 0 Å². The number of ether oxygens (including phenoxy) is 2. The molecule has 0 aliphatic rings. The maximum atomic E-state index is 14.2. The van der Waals surface area contributed by atoms with Crippen LogP contribution in [-0.4, -0.2) is 35.5 Å². The van der Waals surface area contributed by atoms with Crippen LogP contribution in [0.25, 0.3) is 5.69 Å². The predicted octanol–water partition coefficient (Wildman–Crippen LogP) is 2.76. The maximum absolute atomic E-state index is 14.2. The van der Waals surface area contributed by atoms with Crippen molar-refractivity contribution in [3.8, 4) is 17.2 Å². The SMILES string of the molecule is COc1ccc(CCNCc2ccc(-n3cncn3)c(F)c2)cc1OC. The van der Waals surface area contributed by atoms with E-state index in [2.05, 4.69) is 15.4 Å². The molecule has 6 nitrogen and oxygen atoms in total. The quantitative estimate of drug-likeness (QED) is 0.629. The van der Waals surface area contributed by atoms with Crippen LogP contribution in [0.3, 0.4) is 0 Å². The lowest BCUT2D eigenvalue weighted by atomic mass is 10.1.